The number of hydrogen-bond donors (Lipinski definition) is 1. The summed E-state index contributed by atoms with van der Waals surface area (Å²) in [5.74, 6) is -2.04. The van der Waals surface area contributed by atoms with Gasteiger partial charge in [0, 0.05) is 11.8 Å². The monoisotopic (exact) mass is 269 g/mol. The van der Waals surface area contributed by atoms with Crippen LogP contribution >= 0.6 is 0 Å². The van der Waals surface area contributed by atoms with Crippen molar-refractivity contribution >= 4 is 5.78 Å². The second kappa shape index (κ2) is 5.93. The first-order chi connectivity index (χ1) is 8.84. The van der Waals surface area contributed by atoms with Crippen LogP contribution in [-0.4, -0.2) is 12.9 Å². The standard InChI is InChI=1S/C14H17F2NO2/c1-5-12(17-19-4)14(2,3)13(18)10-7-6-9(15)8-11(10)16/h5-8,17H,1-4H3. The number of halogens is 2. The SMILES string of the molecule is CC=C(NOC)C(C)(C)C(=O)c1ccc(F)cc1F. The van der Waals surface area contributed by atoms with E-state index in [2.05, 4.69) is 5.48 Å². The van der Waals surface area contributed by atoms with Gasteiger partial charge >= 0.3 is 0 Å². The maximum atomic E-state index is 13.7. The van der Waals surface area contributed by atoms with Gasteiger partial charge in [-0.25, -0.2) is 8.78 Å². The fourth-order valence-corrected chi connectivity index (χ4v) is 1.79. The Balaban J connectivity index is 3.17. The molecule has 0 saturated carbocycles. The van der Waals surface area contributed by atoms with Crippen LogP contribution in [0.2, 0.25) is 0 Å². The molecule has 0 aliphatic heterocycles. The second-order valence-electron chi connectivity index (χ2n) is 4.59. The van der Waals surface area contributed by atoms with Crippen molar-refractivity contribution in [1.82, 2.24) is 5.48 Å². The number of benzene rings is 1. The predicted octanol–water partition coefficient (Wildman–Crippen LogP) is 3.23. The van der Waals surface area contributed by atoms with E-state index in [4.69, 9.17) is 4.84 Å². The van der Waals surface area contributed by atoms with E-state index in [-0.39, 0.29) is 5.56 Å². The molecule has 0 heterocycles. The summed E-state index contributed by atoms with van der Waals surface area (Å²) in [5, 5.41) is 0. The molecule has 19 heavy (non-hydrogen) atoms. The van der Waals surface area contributed by atoms with Crippen LogP contribution in [0.5, 0.6) is 0 Å². The number of ketones is 1. The summed E-state index contributed by atoms with van der Waals surface area (Å²) in [6, 6.07) is 2.91. The van der Waals surface area contributed by atoms with Crippen LogP contribution in [0.3, 0.4) is 0 Å². The molecule has 0 saturated heterocycles. The molecule has 0 amide bonds. The third-order valence-corrected chi connectivity index (χ3v) is 2.92. The van der Waals surface area contributed by atoms with Crippen LogP contribution in [0.25, 0.3) is 0 Å². The maximum Gasteiger partial charge on any atom is 0.177 e. The summed E-state index contributed by atoms with van der Waals surface area (Å²) >= 11 is 0. The van der Waals surface area contributed by atoms with Gasteiger partial charge in [-0.2, -0.15) is 0 Å². The highest BCUT2D eigenvalue weighted by Crippen LogP contribution is 2.30. The van der Waals surface area contributed by atoms with E-state index in [0.717, 1.165) is 12.1 Å². The molecule has 0 fully saturated rings. The number of carbonyl (C=O) groups is 1. The van der Waals surface area contributed by atoms with E-state index in [0.29, 0.717) is 11.8 Å². The van der Waals surface area contributed by atoms with E-state index in [1.54, 1.807) is 26.8 Å². The predicted molar refractivity (Wildman–Crippen MR) is 68.4 cm³/mol. The number of carbonyl (C=O) groups excluding carboxylic acids is 1. The number of Topliss-reactive ketones (excluding diaryl/α,β-unsaturated/α-hetero) is 1. The molecule has 104 valence electrons. The van der Waals surface area contributed by atoms with Gasteiger partial charge in [0.15, 0.2) is 5.78 Å². The molecule has 0 radical (unpaired) electrons. The Morgan fingerprint density at radius 1 is 1.37 bits per heavy atom. The summed E-state index contributed by atoms with van der Waals surface area (Å²) in [6.07, 6.45) is 1.67. The van der Waals surface area contributed by atoms with Crippen molar-refractivity contribution < 1.29 is 18.4 Å². The van der Waals surface area contributed by atoms with Gasteiger partial charge < -0.3 is 0 Å². The number of nitrogens with one attached hydrogen (secondary N) is 1. The lowest BCUT2D eigenvalue weighted by Crippen LogP contribution is -2.34. The van der Waals surface area contributed by atoms with Crippen molar-refractivity contribution in [3.05, 3.63) is 47.2 Å². The molecule has 3 nitrogen and oxygen atoms in total. The summed E-state index contributed by atoms with van der Waals surface area (Å²) in [7, 11) is 1.42. The average Bonchev–Trinajstić information content (AvgIpc) is 2.34. The highest BCUT2D eigenvalue weighted by molar-refractivity contribution is 6.02. The molecule has 1 aromatic rings. The van der Waals surface area contributed by atoms with Crippen LogP contribution in [0, 0.1) is 17.0 Å². The van der Waals surface area contributed by atoms with Crippen molar-refractivity contribution in [3.63, 3.8) is 0 Å². The van der Waals surface area contributed by atoms with Crippen molar-refractivity contribution in [2.45, 2.75) is 20.8 Å². The Kier molecular flexibility index (Phi) is 4.78. The first kappa shape index (κ1) is 15.3. The lowest BCUT2D eigenvalue weighted by atomic mass is 9.81. The largest absolute Gasteiger partial charge is 0.293 e. The fourth-order valence-electron chi connectivity index (χ4n) is 1.79. The number of allylic oxidation sites excluding steroid dienone is 2. The van der Waals surface area contributed by atoms with Gasteiger partial charge in [-0.05, 0) is 32.9 Å². The first-order valence-corrected chi connectivity index (χ1v) is 5.80. The van der Waals surface area contributed by atoms with Crippen LogP contribution in [0.4, 0.5) is 8.78 Å². The van der Waals surface area contributed by atoms with E-state index < -0.39 is 22.8 Å². The highest BCUT2D eigenvalue weighted by Gasteiger charge is 2.34. The van der Waals surface area contributed by atoms with Crippen molar-refractivity contribution in [3.8, 4) is 0 Å². The Morgan fingerprint density at radius 2 is 2.00 bits per heavy atom. The second-order valence-corrected chi connectivity index (χ2v) is 4.59. The highest BCUT2D eigenvalue weighted by atomic mass is 19.1. The van der Waals surface area contributed by atoms with Crippen LogP contribution in [0.15, 0.2) is 30.0 Å². The Labute approximate surface area is 111 Å². The lowest BCUT2D eigenvalue weighted by Gasteiger charge is -2.26. The quantitative estimate of drug-likeness (QED) is 0.659. The van der Waals surface area contributed by atoms with Crippen molar-refractivity contribution in [1.29, 1.82) is 0 Å². The molecule has 1 rings (SSSR count). The van der Waals surface area contributed by atoms with Crippen LogP contribution in [-0.2, 0) is 4.84 Å². The first-order valence-electron chi connectivity index (χ1n) is 5.80. The van der Waals surface area contributed by atoms with Crippen LogP contribution in [0.1, 0.15) is 31.1 Å². The zero-order chi connectivity index (χ0) is 14.6. The molecule has 0 aromatic heterocycles. The Hall–Kier alpha value is -1.75. The van der Waals surface area contributed by atoms with Gasteiger partial charge in [0.2, 0.25) is 0 Å². The van der Waals surface area contributed by atoms with Gasteiger partial charge in [-0.1, -0.05) is 6.08 Å². The molecule has 1 N–H and O–H groups in total. The van der Waals surface area contributed by atoms with Gasteiger partial charge in [0.05, 0.1) is 18.1 Å². The Morgan fingerprint density at radius 3 is 2.47 bits per heavy atom. The summed E-state index contributed by atoms with van der Waals surface area (Å²) in [6.45, 7) is 5.01. The average molecular weight is 269 g/mol. The zero-order valence-corrected chi connectivity index (χ0v) is 11.4. The third kappa shape index (κ3) is 3.17. The summed E-state index contributed by atoms with van der Waals surface area (Å²) in [4.78, 5) is 17.2. The van der Waals surface area contributed by atoms with Crippen LogP contribution < -0.4 is 5.48 Å². The van der Waals surface area contributed by atoms with Gasteiger partial charge in [-0.3, -0.25) is 15.1 Å². The Bertz CT molecular complexity index is 510. The molecule has 0 aliphatic rings. The molecule has 0 atom stereocenters. The van der Waals surface area contributed by atoms with Gasteiger partial charge in [0.25, 0.3) is 0 Å². The normalized spacial score (nSPS) is 12.4. The van der Waals surface area contributed by atoms with E-state index in [1.807, 2.05) is 0 Å². The van der Waals surface area contributed by atoms with Crippen molar-refractivity contribution in [2.75, 3.05) is 7.11 Å². The lowest BCUT2D eigenvalue weighted by molar-refractivity contribution is 0.0735. The number of hydrogen-bond acceptors (Lipinski definition) is 3. The van der Waals surface area contributed by atoms with Crippen molar-refractivity contribution in [2.24, 2.45) is 5.41 Å². The van der Waals surface area contributed by atoms with Gasteiger partial charge in [-0.15, -0.1) is 0 Å². The van der Waals surface area contributed by atoms with Gasteiger partial charge in [0.1, 0.15) is 11.6 Å². The molecule has 0 aliphatic carbocycles. The molecular formula is C14H17F2NO2. The smallest absolute Gasteiger partial charge is 0.177 e. The van der Waals surface area contributed by atoms with E-state index >= 15 is 0 Å². The minimum absolute atomic E-state index is 0.149. The third-order valence-electron chi connectivity index (χ3n) is 2.92. The minimum atomic E-state index is -1.01. The molecular weight excluding hydrogens is 252 g/mol. The number of hydroxylamine groups is 1. The topological polar surface area (TPSA) is 38.3 Å². The maximum absolute atomic E-state index is 13.7. The number of rotatable bonds is 5. The fraction of sp³-hybridized carbons (Fsp3) is 0.357. The van der Waals surface area contributed by atoms with E-state index in [1.165, 1.54) is 7.11 Å². The van der Waals surface area contributed by atoms with E-state index in [9.17, 15) is 13.6 Å². The minimum Gasteiger partial charge on any atom is -0.293 e. The molecule has 0 bridgehead atoms. The summed E-state index contributed by atoms with van der Waals surface area (Å²) < 4.78 is 26.5. The molecule has 0 unspecified atom stereocenters. The zero-order valence-electron chi connectivity index (χ0n) is 11.4. The summed E-state index contributed by atoms with van der Waals surface area (Å²) in [5.41, 5.74) is 1.94. The molecule has 0 spiro atoms. The molecule has 5 heteroatoms. The molecule has 1 aromatic carbocycles.